The molecule has 0 N–H and O–H groups in total. The Morgan fingerprint density at radius 1 is 1.17 bits per heavy atom. The van der Waals surface area contributed by atoms with Crippen LogP contribution >= 0.6 is 0 Å². The Labute approximate surface area is 103 Å². The predicted molar refractivity (Wildman–Crippen MR) is 65.5 cm³/mol. The van der Waals surface area contributed by atoms with E-state index in [-0.39, 0.29) is 6.42 Å². The zero-order valence-electron chi connectivity index (χ0n) is 9.48. The Hall–Kier alpha value is -2.74. The topological polar surface area (TPSA) is 66.9 Å². The number of nitriles is 1. The summed E-state index contributed by atoms with van der Waals surface area (Å²) in [7, 11) is 0. The van der Waals surface area contributed by atoms with Crippen LogP contribution in [0, 0.1) is 11.3 Å². The number of nitrogens with zero attached hydrogens (tertiary/aromatic N) is 5. The average Bonchev–Trinajstić information content (AvgIpc) is 2.80. The molecule has 0 spiro atoms. The zero-order valence-corrected chi connectivity index (χ0v) is 9.48. The first-order chi connectivity index (χ1) is 8.90. The number of hydrogen-bond acceptors (Lipinski definition) is 4. The highest BCUT2D eigenvalue weighted by atomic mass is 15.3. The van der Waals surface area contributed by atoms with Crippen molar-refractivity contribution in [3.05, 3.63) is 48.4 Å². The van der Waals surface area contributed by atoms with Crippen LogP contribution in [0.3, 0.4) is 0 Å². The first kappa shape index (κ1) is 10.4. The molecule has 0 fully saturated rings. The number of hydrogen-bond donors (Lipinski definition) is 0. The van der Waals surface area contributed by atoms with E-state index in [1.807, 2.05) is 24.4 Å². The summed E-state index contributed by atoms with van der Waals surface area (Å²) in [6.07, 6.45) is 5.49. The van der Waals surface area contributed by atoms with Gasteiger partial charge in [0.2, 0.25) is 0 Å². The molecular formula is C13H9N5. The number of pyridine rings is 1. The van der Waals surface area contributed by atoms with Crippen LogP contribution in [-0.2, 0) is 6.42 Å². The standard InChI is InChI=1S/C13H9N5/c14-6-5-10-12(11-4-1-2-7-15-11)17-18-9-3-8-16-13(10)18/h1-4,7-9H,5H2. The molecule has 0 bridgehead atoms. The van der Waals surface area contributed by atoms with Gasteiger partial charge in [-0.1, -0.05) is 6.07 Å². The molecule has 5 nitrogen and oxygen atoms in total. The number of rotatable bonds is 2. The molecule has 3 aromatic rings. The first-order valence-electron chi connectivity index (χ1n) is 5.51. The van der Waals surface area contributed by atoms with Gasteiger partial charge in [0.05, 0.1) is 18.2 Å². The molecule has 0 amide bonds. The lowest BCUT2D eigenvalue weighted by Crippen LogP contribution is -1.89. The summed E-state index contributed by atoms with van der Waals surface area (Å²) in [6.45, 7) is 0. The van der Waals surface area contributed by atoms with E-state index in [2.05, 4.69) is 21.1 Å². The van der Waals surface area contributed by atoms with Crippen LogP contribution < -0.4 is 0 Å². The van der Waals surface area contributed by atoms with Gasteiger partial charge in [0.25, 0.3) is 0 Å². The van der Waals surface area contributed by atoms with Crippen LogP contribution in [-0.4, -0.2) is 19.6 Å². The Morgan fingerprint density at radius 3 is 2.83 bits per heavy atom. The van der Waals surface area contributed by atoms with Gasteiger partial charge in [-0.15, -0.1) is 0 Å². The summed E-state index contributed by atoms with van der Waals surface area (Å²) in [5.41, 5.74) is 3.00. The first-order valence-corrected chi connectivity index (χ1v) is 5.51. The van der Waals surface area contributed by atoms with E-state index < -0.39 is 0 Å². The summed E-state index contributed by atoms with van der Waals surface area (Å²) < 4.78 is 1.68. The van der Waals surface area contributed by atoms with E-state index in [9.17, 15) is 0 Å². The minimum absolute atomic E-state index is 0.270. The van der Waals surface area contributed by atoms with Gasteiger partial charge in [-0.25, -0.2) is 9.50 Å². The van der Waals surface area contributed by atoms with Gasteiger partial charge < -0.3 is 0 Å². The lowest BCUT2D eigenvalue weighted by Gasteiger charge is -1.96. The number of aromatic nitrogens is 4. The molecule has 18 heavy (non-hydrogen) atoms. The Morgan fingerprint density at radius 2 is 2.06 bits per heavy atom. The molecule has 5 heteroatoms. The molecule has 0 aliphatic heterocycles. The molecule has 0 saturated heterocycles. The fraction of sp³-hybridized carbons (Fsp3) is 0.0769. The van der Waals surface area contributed by atoms with Crippen molar-refractivity contribution in [2.24, 2.45) is 0 Å². The highest BCUT2D eigenvalue weighted by Crippen LogP contribution is 2.23. The summed E-state index contributed by atoms with van der Waals surface area (Å²) in [5, 5.41) is 13.4. The molecule has 0 aliphatic carbocycles. The van der Waals surface area contributed by atoms with Gasteiger partial charge in [0.1, 0.15) is 5.69 Å². The fourth-order valence-corrected chi connectivity index (χ4v) is 1.88. The second-order valence-electron chi connectivity index (χ2n) is 3.76. The molecule has 3 heterocycles. The largest absolute Gasteiger partial charge is 0.255 e. The second kappa shape index (κ2) is 4.26. The maximum absolute atomic E-state index is 8.93. The van der Waals surface area contributed by atoms with E-state index >= 15 is 0 Å². The fourth-order valence-electron chi connectivity index (χ4n) is 1.88. The van der Waals surface area contributed by atoms with Crippen LogP contribution in [0.1, 0.15) is 5.56 Å². The van der Waals surface area contributed by atoms with E-state index in [1.54, 1.807) is 23.0 Å². The van der Waals surface area contributed by atoms with Gasteiger partial charge in [-0.05, 0) is 18.2 Å². The minimum atomic E-state index is 0.270. The quantitative estimate of drug-likeness (QED) is 0.680. The Kier molecular flexibility index (Phi) is 2.47. The number of fused-ring (bicyclic) bond motifs is 1. The minimum Gasteiger partial charge on any atom is -0.255 e. The summed E-state index contributed by atoms with van der Waals surface area (Å²) >= 11 is 0. The zero-order chi connectivity index (χ0) is 12.4. The highest BCUT2D eigenvalue weighted by molar-refractivity contribution is 5.68. The van der Waals surface area contributed by atoms with Crippen molar-refractivity contribution in [1.82, 2.24) is 19.6 Å². The van der Waals surface area contributed by atoms with Gasteiger partial charge in [0, 0.05) is 24.2 Å². The van der Waals surface area contributed by atoms with Gasteiger partial charge in [0.15, 0.2) is 5.65 Å². The molecule has 0 saturated carbocycles. The van der Waals surface area contributed by atoms with Crippen molar-refractivity contribution >= 4 is 5.65 Å². The molecular weight excluding hydrogens is 226 g/mol. The van der Waals surface area contributed by atoms with Crippen molar-refractivity contribution in [3.63, 3.8) is 0 Å². The molecule has 3 rings (SSSR count). The van der Waals surface area contributed by atoms with Gasteiger partial charge in [-0.2, -0.15) is 10.4 Å². The predicted octanol–water partition coefficient (Wildman–Crippen LogP) is 1.86. The third kappa shape index (κ3) is 1.60. The van der Waals surface area contributed by atoms with Crippen LogP contribution in [0.4, 0.5) is 0 Å². The van der Waals surface area contributed by atoms with Gasteiger partial charge in [-0.3, -0.25) is 4.98 Å². The van der Waals surface area contributed by atoms with Crippen molar-refractivity contribution in [3.8, 4) is 17.5 Å². The Bertz CT molecular complexity index is 724. The second-order valence-corrected chi connectivity index (χ2v) is 3.76. The molecule has 0 unspecified atom stereocenters. The summed E-state index contributed by atoms with van der Waals surface area (Å²) in [6, 6.07) is 9.58. The van der Waals surface area contributed by atoms with Crippen molar-refractivity contribution in [2.45, 2.75) is 6.42 Å². The smallest absolute Gasteiger partial charge is 0.159 e. The SMILES string of the molecule is N#CCc1c(-c2ccccn2)nn2cccnc12. The third-order valence-corrected chi connectivity index (χ3v) is 2.65. The van der Waals surface area contributed by atoms with E-state index in [0.717, 1.165) is 17.0 Å². The lowest BCUT2D eigenvalue weighted by atomic mass is 10.1. The molecule has 3 aromatic heterocycles. The van der Waals surface area contributed by atoms with Crippen LogP contribution in [0.2, 0.25) is 0 Å². The average molecular weight is 235 g/mol. The summed E-state index contributed by atoms with van der Waals surface area (Å²) in [4.78, 5) is 8.54. The van der Waals surface area contributed by atoms with Gasteiger partial charge >= 0.3 is 0 Å². The monoisotopic (exact) mass is 235 g/mol. The van der Waals surface area contributed by atoms with E-state index in [0.29, 0.717) is 5.65 Å². The third-order valence-electron chi connectivity index (χ3n) is 2.65. The van der Waals surface area contributed by atoms with Crippen molar-refractivity contribution in [2.75, 3.05) is 0 Å². The molecule has 86 valence electrons. The van der Waals surface area contributed by atoms with Crippen molar-refractivity contribution < 1.29 is 0 Å². The van der Waals surface area contributed by atoms with E-state index in [1.165, 1.54) is 0 Å². The lowest BCUT2D eigenvalue weighted by molar-refractivity contribution is 0.940. The maximum Gasteiger partial charge on any atom is 0.159 e. The Balaban J connectivity index is 2.29. The molecule has 0 aromatic carbocycles. The highest BCUT2D eigenvalue weighted by Gasteiger charge is 2.15. The van der Waals surface area contributed by atoms with Crippen LogP contribution in [0.15, 0.2) is 42.9 Å². The van der Waals surface area contributed by atoms with E-state index in [4.69, 9.17) is 5.26 Å². The maximum atomic E-state index is 8.93. The van der Waals surface area contributed by atoms with Crippen LogP contribution in [0.25, 0.3) is 17.0 Å². The molecule has 0 atom stereocenters. The normalized spacial score (nSPS) is 10.4. The summed E-state index contributed by atoms with van der Waals surface area (Å²) in [5.74, 6) is 0. The van der Waals surface area contributed by atoms with Crippen LogP contribution in [0.5, 0.6) is 0 Å². The van der Waals surface area contributed by atoms with Crippen molar-refractivity contribution in [1.29, 1.82) is 5.26 Å². The molecule has 0 radical (unpaired) electrons. The molecule has 0 aliphatic rings.